The molecule has 56 valence electrons. The van der Waals surface area contributed by atoms with E-state index in [0.29, 0.717) is 12.3 Å². The van der Waals surface area contributed by atoms with Crippen LogP contribution in [0.4, 0.5) is 0 Å². The van der Waals surface area contributed by atoms with Crippen molar-refractivity contribution in [3.05, 3.63) is 0 Å². The van der Waals surface area contributed by atoms with Crippen LogP contribution >= 0.6 is 0 Å². The molecule has 1 rings (SSSR count). The molecular weight excluding hydrogens is 126 g/mol. The van der Waals surface area contributed by atoms with E-state index in [9.17, 15) is 0 Å². The molecular formula is C7H13N3. The zero-order chi connectivity index (χ0) is 7.40. The van der Waals surface area contributed by atoms with Crippen LogP contribution in [0, 0.1) is 17.2 Å². The van der Waals surface area contributed by atoms with Crippen LogP contribution in [0.5, 0.6) is 0 Å². The molecule has 0 spiro atoms. The van der Waals surface area contributed by atoms with E-state index in [1.165, 1.54) is 0 Å². The second-order valence-electron chi connectivity index (χ2n) is 2.78. The Morgan fingerprint density at radius 1 is 1.70 bits per heavy atom. The Morgan fingerprint density at radius 3 is 3.10 bits per heavy atom. The monoisotopic (exact) mass is 139 g/mol. The molecule has 10 heavy (non-hydrogen) atoms. The predicted octanol–water partition coefficient (Wildman–Crippen LogP) is -0.163. The van der Waals surface area contributed by atoms with Crippen molar-refractivity contribution >= 4 is 0 Å². The number of hydrogen-bond acceptors (Lipinski definition) is 3. The normalized spacial score (nSPS) is 33.2. The minimum absolute atomic E-state index is 0.188. The fourth-order valence-corrected chi connectivity index (χ4v) is 1.31. The highest BCUT2D eigenvalue weighted by Gasteiger charge is 2.20. The van der Waals surface area contributed by atoms with Crippen molar-refractivity contribution in [2.75, 3.05) is 13.1 Å². The third-order valence-electron chi connectivity index (χ3n) is 2.03. The third kappa shape index (κ3) is 1.69. The molecule has 0 saturated carbocycles. The first-order valence-corrected chi connectivity index (χ1v) is 3.68. The van der Waals surface area contributed by atoms with Gasteiger partial charge in [0.05, 0.1) is 6.07 Å². The topological polar surface area (TPSA) is 61.8 Å². The van der Waals surface area contributed by atoms with Crippen molar-refractivity contribution < 1.29 is 0 Å². The molecule has 3 nitrogen and oxygen atoms in total. The molecule has 3 N–H and O–H groups in total. The molecule has 1 saturated heterocycles. The van der Waals surface area contributed by atoms with Gasteiger partial charge in [-0.05, 0) is 18.9 Å². The Kier molecular flexibility index (Phi) is 2.67. The Morgan fingerprint density at radius 2 is 2.50 bits per heavy atom. The fraction of sp³-hybridized carbons (Fsp3) is 0.857. The minimum atomic E-state index is 0.188. The van der Waals surface area contributed by atoms with E-state index in [4.69, 9.17) is 11.0 Å². The highest BCUT2D eigenvalue weighted by atomic mass is 14.9. The maximum atomic E-state index is 8.41. The molecule has 1 aliphatic rings. The van der Waals surface area contributed by atoms with Gasteiger partial charge < -0.3 is 11.1 Å². The molecule has 0 aromatic rings. The summed E-state index contributed by atoms with van der Waals surface area (Å²) in [6, 6.07) is 2.35. The molecule has 3 heteroatoms. The summed E-state index contributed by atoms with van der Waals surface area (Å²) in [5.74, 6) is 0.422. The standard InChI is InChI=1S/C7H13N3/c8-3-1-6-2-4-10-5-7(6)9/h6-7,10H,1-2,4-5,9H2. The van der Waals surface area contributed by atoms with Gasteiger partial charge in [-0.2, -0.15) is 5.26 Å². The summed E-state index contributed by atoms with van der Waals surface area (Å²) < 4.78 is 0. The maximum absolute atomic E-state index is 8.41. The summed E-state index contributed by atoms with van der Waals surface area (Å²) in [6.45, 7) is 1.88. The van der Waals surface area contributed by atoms with Gasteiger partial charge in [-0.1, -0.05) is 0 Å². The molecule has 1 heterocycles. The molecule has 1 fully saturated rings. The second kappa shape index (κ2) is 3.55. The van der Waals surface area contributed by atoms with Crippen molar-refractivity contribution in [2.24, 2.45) is 11.7 Å². The molecule has 0 aliphatic carbocycles. The SMILES string of the molecule is N#CCC1CCNCC1N. The number of nitrogens with zero attached hydrogens (tertiary/aromatic N) is 1. The summed E-state index contributed by atoms with van der Waals surface area (Å²) in [7, 11) is 0. The summed E-state index contributed by atoms with van der Waals surface area (Å²) in [5, 5.41) is 11.6. The predicted molar refractivity (Wildman–Crippen MR) is 39.2 cm³/mol. The Labute approximate surface area is 61.2 Å². The van der Waals surface area contributed by atoms with Crippen LogP contribution in [0.1, 0.15) is 12.8 Å². The van der Waals surface area contributed by atoms with Gasteiger partial charge >= 0.3 is 0 Å². The van der Waals surface area contributed by atoms with Crippen molar-refractivity contribution in [2.45, 2.75) is 18.9 Å². The van der Waals surface area contributed by atoms with Gasteiger partial charge in [0, 0.05) is 19.0 Å². The lowest BCUT2D eigenvalue weighted by Gasteiger charge is -2.27. The van der Waals surface area contributed by atoms with E-state index < -0.39 is 0 Å². The van der Waals surface area contributed by atoms with Crippen molar-refractivity contribution in [3.63, 3.8) is 0 Å². The van der Waals surface area contributed by atoms with Gasteiger partial charge in [-0.25, -0.2) is 0 Å². The van der Waals surface area contributed by atoms with Gasteiger partial charge in [0.25, 0.3) is 0 Å². The van der Waals surface area contributed by atoms with Gasteiger partial charge in [0.2, 0.25) is 0 Å². The van der Waals surface area contributed by atoms with Crippen LogP contribution in [-0.4, -0.2) is 19.1 Å². The first-order valence-electron chi connectivity index (χ1n) is 3.68. The van der Waals surface area contributed by atoms with E-state index in [-0.39, 0.29) is 6.04 Å². The highest BCUT2D eigenvalue weighted by Crippen LogP contribution is 2.13. The first-order chi connectivity index (χ1) is 4.84. The van der Waals surface area contributed by atoms with Gasteiger partial charge in [-0.15, -0.1) is 0 Å². The lowest BCUT2D eigenvalue weighted by atomic mass is 9.91. The molecule has 0 bridgehead atoms. The molecule has 0 aromatic carbocycles. The molecule has 0 radical (unpaired) electrons. The first kappa shape index (κ1) is 7.52. The Bertz CT molecular complexity index is 138. The third-order valence-corrected chi connectivity index (χ3v) is 2.03. The minimum Gasteiger partial charge on any atom is -0.326 e. The van der Waals surface area contributed by atoms with E-state index in [0.717, 1.165) is 19.5 Å². The molecule has 0 amide bonds. The van der Waals surface area contributed by atoms with Crippen LogP contribution in [0.15, 0.2) is 0 Å². The quantitative estimate of drug-likeness (QED) is 0.530. The number of nitriles is 1. The number of piperidine rings is 1. The van der Waals surface area contributed by atoms with Crippen LogP contribution in [0.2, 0.25) is 0 Å². The number of rotatable bonds is 1. The maximum Gasteiger partial charge on any atom is 0.0625 e. The smallest absolute Gasteiger partial charge is 0.0625 e. The van der Waals surface area contributed by atoms with Gasteiger partial charge in [0.15, 0.2) is 0 Å². The van der Waals surface area contributed by atoms with Crippen LogP contribution in [0.3, 0.4) is 0 Å². The van der Waals surface area contributed by atoms with Crippen LogP contribution in [-0.2, 0) is 0 Å². The van der Waals surface area contributed by atoms with Crippen LogP contribution in [0.25, 0.3) is 0 Å². The Balaban J connectivity index is 2.34. The number of hydrogen-bond donors (Lipinski definition) is 2. The summed E-state index contributed by atoms with van der Waals surface area (Å²) in [6.07, 6.45) is 1.66. The largest absolute Gasteiger partial charge is 0.326 e. The van der Waals surface area contributed by atoms with Gasteiger partial charge in [-0.3, -0.25) is 0 Å². The molecule has 2 unspecified atom stereocenters. The average molecular weight is 139 g/mol. The van der Waals surface area contributed by atoms with Crippen molar-refractivity contribution in [1.82, 2.24) is 5.32 Å². The molecule has 0 aromatic heterocycles. The molecule has 2 atom stereocenters. The van der Waals surface area contributed by atoms with E-state index in [1.807, 2.05) is 0 Å². The highest BCUT2D eigenvalue weighted by molar-refractivity contribution is 4.86. The van der Waals surface area contributed by atoms with E-state index in [2.05, 4.69) is 11.4 Å². The van der Waals surface area contributed by atoms with Crippen molar-refractivity contribution in [1.29, 1.82) is 5.26 Å². The van der Waals surface area contributed by atoms with Gasteiger partial charge in [0.1, 0.15) is 0 Å². The van der Waals surface area contributed by atoms with E-state index in [1.54, 1.807) is 0 Å². The summed E-state index contributed by atoms with van der Waals surface area (Å²) >= 11 is 0. The van der Waals surface area contributed by atoms with Crippen LogP contribution < -0.4 is 11.1 Å². The summed E-state index contributed by atoms with van der Waals surface area (Å²) in [4.78, 5) is 0. The summed E-state index contributed by atoms with van der Waals surface area (Å²) in [5.41, 5.74) is 5.75. The lowest BCUT2D eigenvalue weighted by Crippen LogP contribution is -2.45. The fourth-order valence-electron chi connectivity index (χ4n) is 1.31. The second-order valence-corrected chi connectivity index (χ2v) is 2.78. The zero-order valence-corrected chi connectivity index (χ0v) is 6.01. The van der Waals surface area contributed by atoms with E-state index >= 15 is 0 Å². The lowest BCUT2D eigenvalue weighted by molar-refractivity contribution is 0.329. The van der Waals surface area contributed by atoms with Crippen molar-refractivity contribution in [3.8, 4) is 6.07 Å². The number of nitrogens with two attached hydrogens (primary N) is 1. The average Bonchev–Trinajstić information content (AvgIpc) is 1.94. The number of nitrogens with one attached hydrogen (secondary N) is 1. The zero-order valence-electron chi connectivity index (χ0n) is 6.01. The Hall–Kier alpha value is -0.590. The molecule has 1 aliphatic heterocycles.